The standard InChI is InChI=1S/C20H21N3/c1-21-18-14-12-17(13-15-18)16-22-23(19-8-4-2-5-9-19)20-10-6-3-7-11-20/h2-6,8-10,12-16,21H,7,11H2,1H3/b22-16+. The van der Waals surface area contributed by atoms with E-state index in [2.05, 4.69) is 59.9 Å². The number of benzene rings is 2. The highest BCUT2D eigenvalue weighted by atomic mass is 15.5. The van der Waals surface area contributed by atoms with Gasteiger partial charge < -0.3 is 5.32 Å². The third-order valence-corrected chi connectivity index (χ3v) is 3.79. The monoisotopic (exact) mass is 303 g/mol. The van der Waals surface area contributed by atoms with E-state index >= 15 is 0 Å². The van der Waals surface area contributed by atoms with Crippen molar-refractivity contribution in [2.24, 2.45) is 5.10 Å². The lowest BCUT2D eigenvalue weighted by Gasteiger charge is -2.23. The number of hydrogen-bond donors (Lipinski definition) is 1. The first-order valence-corrected chi connectivity index (χ1v) is 7.89. The van der Waals surface area contributed by atoms with E-state index in [1.807, 2.05) is 36.5 Å². The molecule has 0 bridgehead atoms. The van der Waals surface area contributed by atoms with Gasteiger partial charge in [0.15, 0.2) is 0 Å². The number of anilines is 2. The van der Waals surface area contributed by atoms with Gasteiger partial charge in [-0.25, -0.2) is 5.01 Å². The second-order valence-corrected chi connectivity index (χ2v) is 5.39. The molecule has 1 aliphatic carbocycles. The van der Waals surface area contributed by atoms with Gasteiger partial charge in [-0.05, 0) is 48.7 Å². The molecule has 3 rings (SSSR count). The van der Waals surface area contributed by atoms with E-state index < -0.39 is 0 Å². The fraction of sp³-hybridized carbons (Fsp3) is 0.150. The number of rotatable bonds is 5. The fourth-order valence-electron chi connectivity index (χ4n) is 2.50. The van der Waals surface area contributed by atoms with Crippen LogP contribution in [0.1, 0.15) is 18.4 Å². The highest BCUT2D eigenvalue weighted by Crippen LogP contribution is 2.24. The minimum absolute atomic E-state index is 1.00. The summed E-state index contributed by atoms with van der Waals surface area (Å²) in [7, 11) is 1.92. The normalized spacial score (nSPS) is 13.9. The van der Waals surface area contributed by atoms with Crippen LogP contribution in [0.3, 0.4) is 0 Å². The molecule has 0 saturated carbocycles. The maximum absolute atomic E-state index is 4.73. The minimum Gasteiger partial charge on any atom is -0.388 e. The first kappa shape index (κ1) is 15.1. The van der Waals surface area contributed by atoms with Crippen LogP contribution in [-0.4, -0.2) is 13.3 Å². The van der Waals surface area contributed by atoms with Crippen LogP contribution >= 0.6 is 0 Å². The number of para-hydroxylation sites is 1. The summed E-state index contributed by atoms with van der Waals surface area (Å²) >= 11 is 0. The Morgan fingerprint density at radius 1 is 1.04 bits per heavy atom. The van der Waals surface area contributed by atoms with E-state index in [0.29, 0.717) is 0 Å². The molecule has 2 aromatic rings. The molecule has 0 amide bonds. The summed E-state index contributed by atoms with van der Waals surface area (Å²) < 4.78 is 0. The summed E-state index contributed by atoms with van der Waals surface area (Å²) in [5.41, 5.74) is 4.47. The number of nitrogens with zero attached hydrogens (tertiary/aromatic N) is 2. The molecule has 0 unspecified atom stereocenters. The first-order chi connectivity index (χ1) is 11.4. The Morgan fingerprint density at radius 2 is 1.83 bits per heavy atom. The fourth-order valence-corrected chi connectivity index (χ4v) is 2.50. The van der Waals surface area contributed by atoms with Crippen LogP contribution in [0.4, 0.5) is 11.4 Å². The van der Waals surface area contributed by atoms with Crippen molar-refractivity contribution in [2.45, 2.75) is 12.8 Å². The maximum Gasteiger partial charge on any atom is 0.0648 e. The van der Waals surface area contributed by atoms with E-state index in [1.165, 1.54) is 5.70 Å². The Bertz CT molecular complexity index is 712. The van der Waals surface area contributed by atoms with Gasteiger partial charge in [0.25, 0.3) is 0 Å². The zero-order chi connectivity index (χ0) is 15.9. The van der Waals surface area contributed by atoms with Crippen molar-refractivity contribution >= 4 is 17.6 Å². The van der Waals surface area contributed by atoms with Crippen LogP contribution in [0.5, 0.6) is 0 Å². The predicted molar refractivity (Wildman–Crippen MR) is 99.0 cm³/mol. The summed E-state index contributed by atoms with van der Waals surface area (Å²) in [6.07, 6.45) is 10.4. The number of hydrogen-bond acceptors (Lipinski definition) is 3. The smallest absolute Gasteiger partial charge is 0.0648 e. The van der Waals surface area contributed by atoms with E-state index in [9.17, 15) is 0 Å². The summed E-state index contributed by atoms with van der Waals surface area (Å²) in [4.78, 5) is 0. The van der Waals surface area contributed by atoms with Crippen molar-refractivity contribution in [3.63, 3.8) is 0 Å². The van der Waals surface area contributed by atoms with Gasteiger partial charge in [0.2, 0.25) is 0 Å². The second-order valence-electron chi connectivity index (χ2n) is 5.39. The summed E-state index contributed by atoms with van der Waals surface area (Å²) in [6, 6.07) is 18.5. The molecule has 0 spiro atoms. The molecule has 0 saturated heterocycles. The van der Waals surface area contributed by atoms with E-state index in [-0.39, 0.29) is 0 Å². The van der Waals surface area contributed by atoms with E-state index in [4.69, 9.17) is 5.10 Å². The molecule has 23 heavy (non-hydrogen) atoms. The number of hydrazone groups is 1. The zero-order valence-electron chi connectivity index (χ0n) is 13.3. The Balaban J connectivity index is 1.87. The van der Waals surface area contributed by atoms with Crippen molar-refractivity contribution in [1.29, 1.82) is 0 Å². The van der Waals surface area contributed by atoms with Crippen molar-refractivity contribution in [3.8, 4) is 0 Å². The third kappa shape index (κ3) is 3.89. The Hall–Kier alpha value is -2.81. The first-order valence-electron chi connectivity index (χ1n) is 7.89. The van der Waals surface area contributed by atoms with Crippen LogP contribution in [0.25, 0.3) is 0 Å². The van der Waals surface area contributed by atoms with Crippen molar-refractivity contribution in [3.05, 3.63) is 84.1 Å². The van der Waals surface area contributed by atoms with Crippen molar-refractivity contribution < 1.29 is 0 Å². The molecule has 0 radical (unpaired) electrons. The van der Waals surface area contributed by atoms with Gasteiger partial charge in [-0.15, -0.1) is 0 Å². The Kier molecular flexibility index (Phi) is 4.89. The molecule has 116 valence electrons. The molecular weight excluding hydrogens is 282 g/mol. The van der Waals surface area contributed by atoms with Gasteiger partial charge in [-0.3, -0.25) is 0 Å². The minimum atomic E-state index is 1.00. The molecule has 0 heterocycles. The molecule has 1 N–H and O–H groups in total. The van der Waals surface area contributed by atoms with Crippen molar-refractivity contribution in [1.82, 2.24) is 0 Å². The number of nitrogens with one attached hydrogen (secondary N) is 1. The van der Waals surface area contributed by atoms with Crippen LogP contribution in [0, 0.1) is 0 Å². The lowest BCUT2D eigenvalue weighted by atomic mass is 10.1. The summed E-state index contributed by atoms with van der Waals surface area (Å²) in [5.74, 6) is 0. The molecule has 0 aliphatic heterocycles. The highest BCUT2D eigenvalue weighted by molar-refractivity contribution is 5.81. The molecule has 1 aliphatic rings. The molecule has 3 nitrogen and oxygen atoms in total. The largest absolute Gasteiger partial charge is 0.388 e. The Morgan fingerprint density at radius 3 is 2.48 bits per heavy atom. The molecule has 0 atom stereocenters. The van der Waals surface area contributed by atoms with Crippen molar-refractivity contribution in [2.75, 3.05) is 17.4 Å². The quantitative estimate of drug-likeness (QED) is 0.634. The zero-order valence-corrected chi connectivity index (χ0v) is 13.3. The van der Waals surface area contributed by atoms with Gasteiger partial charge in [0.1, 0.15) is 0 Å². The lowest BCUT2D eigenvalue weighted by Crippen LogP contribution is -2.16. The van der Waals surface area contributed by atoms with Gasteiger partial charge in [-0.1, -0.05) is 42.5 Å². The SMILES string of the molecule is CNc1ccc(/C=N/N(C2=CC=CCC2)c2ccccc2)cc1. The molecule has 3 heteroatoms. The van der Waals surface area contributed by atoms with Gasteiger partial charge >= 0.3 is 0 Å². The van der Waals surface area contributed by atoms with Gasteiger partial charge in [-0.2, -0.15) is 5.10 Å². The average Bonchev–Trinajstić information content (AvgIpc) is 2.64. The number of allylic oxidation sites excluding steroid dienone is 4. The van der Waals surface area contributed by atoms with Crippen LogP contribution < -0.4 is 10.3 Å². The van der Waals surface area contributed by atoms with E-state index in [1.54, 1.807) is 0 Å². The maximum atomic E-state index is 4.73. The molecule has 2 aromatic carbocycles. The Labute approximate surface area is 137 Å². The van der Waals surface area contributed by atoms with Gasteiger partial charge in [0, 0.05) is 18.4 Å². The highest BCUT2D eigenvalue weighted by Gasteiger charge is 2.11. The topological polar surface area (TPSA) is 27.6 Å². The summed E-state index contributed by atoms with van der Waals surface area (Å²) in [5, 5.41) is 9.88. The third-order valence-electron chi connectivity index (χ3n) is 3.79. The predicted octanol–water partition coefficient (Wildman–Crippen LogP) is 4.80. The summed E-state index contributed by atoms with van der Waals surface area (Å²) in [6.45, 7) is 0. The van der Waals surface area contributed by atoms with E-state index in [0.717, 1.165) is 29.8 Å². The van der Waals surface area contributed by atoms with Crippen LogP contribution in [0.2, 0.25) is 0 Å². The van der Waals surface area contributed by atoms with Crippen LogP contribution in [0.15, 0.2) is 83.6 Å². The lowest BCUT2D eigenvalue weighted by molar-refractivity contribution is 0.863. The van der Waals surface area contributed by atoms with Gasteiger partial charge in [0.05, 0.1) is 11.9 Å². The molecule has 0 aromatic heterocycles. The second kappa shape index (κ2) is 7.45. The average molecular weight is 303 g/mol. The van der Waals surface area contributed by atoms with Crippen LogP contribution in [-0.2, 0) is 0 Å². The molecular formula is C20H21N3. The molecule has 0 fully saturated rings.